The van der Waals surface area contributed by atoms with E-state index in [1.54, 1.807) is 6.92 Å². The molecule has 1 fully saturated rings. The molecule has 1 atom stereocenters. The standard InChI is InChI=1S/C12H22N2O3/c1-3-4-5-8-13-11(17)14-12(2,10(15)16)9-6-7-9/h9H,3-8H2,1-2H3,(H,15,16)(H2,13,14,17). The maximum absolute atomic E-state index is 11.6. The first-order chi connectivity index (χ1) is 8.00. The van der Waals surface area contributed by atoms with E-state index in [4.69, 9.17) is 5.11 Å². The van der Waals surface area contributed by atoms with Gasteiger partial charge in [-0.25, -0.2) is 9.59 Å². The lowest BCUT2D eigenvalue weighted by molar-refractivity contribution is -0.144. The Bertz CT molecular complexity index is 289. The fourth-order valence-corrected chi connectivity index (χ4v) is 1.85. The van der Waals surface area contributed by atoms with Crippen molar-refractivity contribution >= 4 is 12.0 Å². The van der Waals surface area contributed by atoms with Crippen molar-refractivity contribution in [3.63, 3.8) is 0 Å². The lowest BCUT2D eigenvalue weighted by atomic mass is 9.96. The van der Waals surface area contributed by atoms with Crippen LogP contribution in [0.25, 0.3) is 0 Å². The molecule has 0 aliphatic heterocycles. The average Bonchev–Trinajstić information content (AvgIpc) is 3.07. The first-order valence-corrected chi connectivity index (χ1v) is 6.30. The molecule has 3 N–H and O–H groups in total. The van der Waals surface area contributed by atoms with Gasteiger partial charge in [-0.15, -0.1) is 0 Å². The lowest BCUT2D eigenvalue weighted by Crippen LogP contribution is -2.56. The fourth-order valence-electron chi connectivity index (χ4n) is 1.85. The van der Waals surface area contributed by atoms with Gasteiger partial charge in [0.15, 0.2) is 0 Å². The van der Waals surface area contributed by atoms with E-state index in [0.717, 1.165) is 32.1 Å². The Labute approximate surface area is 102 Å². The SMILES string of the molecule is CCCCCNC(=O)NC(C)(C(=O)O)C1CC1. The number of carboxylic acid groups (broad SMARTS) is 1. The van der Waals surface area contributed by atoms with Crippen molar-refractivity contribution in [3.8, 4) is 0 Å². The summed E-state index contributed by atoms with van der Waals surface area (Å²) >= 11 is 0. The van der Waals surface area contributed by atoms with E-state index < -0.39 is 11.5 Å². The number of nitrogens with one attached hydrogen (secondary N) is 2. The monoisotopic (exact) mass is 242 g/mol. The second kappa shape index (κ2) is 5.89. The molecule has 1 saturated carbocycles. The minimum absolute atomic E-state index is 0.0707. The van der Waals surface area contributed by atoms with Crippen LogP contribution in [-0.2, 0) is 4.79 Å². The summed E-state index contributed by atoms with van der Waals surface area (Å²) in [5, 5.41) is 14.4. The van der Waals surface area contributed by atoms with Crippen LogP contribution in [0.2, 0.25) is 0 Å². The number of hydrogen-bond acceptors (Lipinski definition) is 2. The van der Waals surface area contributed by atoms with Crippen LogP contribution >= 0.6 is 0 Å². The highest BCUT2D eigenvalue weighted by molar-refractivity contribution is 5.86. The van der Waals surface area contributed by atoms with E-state index in [-0.39, 0.29) is 11.9 Å². The van der Waals surface area contributed by atoms with Crippen molar-refractivity contribution in [2.45, 2.75) is 51.5 Å². The van der Waals surface area contributed by atoms with Gasteiger partial charge in [-0.2, -0.15) is 0 Å². The molecule has 1 rings (SSSR count). The predicted molar refractivity (Wildman–Crippen MR) is 64.8 cm³/mol. The Hall–Kier alpha value is -1.26. The van der Waals surface area contributed by atoms with Gasteiger partial charge in [-0.3, -0.25) is 0 Å². The zero-order valence-corrected chi connectivity index (χ0v) is 10.6. The Morgan fingerprint density at radius 3 is 2.47 bits per heavy atom. The summed E-state index contributed by atoms with van der Waals surface area (Å²) in [7, 11) is 0. The van der Waals surface area contributed by atoms with Crippen LogP contribution in [-0.4, -0.2) is 29.2 Å². The van der Waals surface area contributed by atoms with Crippen molar-refractivity contribution in [2.75, 3.05) is 6.54 Å². The fraction of sp³-hybridized carbons (Fsp3) is 0.833. The Balaban J connectivity index is 2.35. The third kappa shape index (κ3) is 3.91. The summed E-state index contributed by atoms with van der Waals surface area (Å²) in [5.41, 5.74) is -1.12. The van der Waals surface area contributed by atoms with E-state index in [1.165, 1.54) is 0 Å². The smallest absolute Gasteiger partial charge is 0.329 e. The molecule has 17 heavy (non-hydrogen) atoms. The summed E-state index contributed by atoms with van der Waals surface area (Å²) in [5.74, 6) is -0.884. The van der Waals surface area contributed by atoms with Crippen LogP contribution in [0.1, 0.15) is 46.0 Å². The van der Waals surface area contributed by atoms with Crippen molar-refractivity contribution in [1.82, 2.24) is 10.6 Å². The molecule has 0 aromatic carbocycles. The number of urea groups is 1. The van der Waals surface area contributed by atoms with Crippen LogP contribution in [0.15, 0.2) is 0 Å². The predicted octanol–water partition coefficient (Wildman–Crippen LogP) is 1.73. The van der Waals surface area contributed by atoms with E-state index >= 15 is 0 Å². The molecule has 1 aliphatic carbocycles. The number of aliphatic carboxylic acids is 1. The maximum Gasteiger partial charge on any atom is 0.329 e. The Kier molecular flexibility index (Phi) is 4.78. The third-order valence-electron chi connectivity index (χ3n) is 3.28. The van der Waals surface area contributed by atoms with E-state index in [1.807, 2.05) is 0 Å². The number of hydrogen-bond donors (Lipinski definition) is 3. The molecule has 0 aromatic heterocycles. The van der Waals surface area contributed by atoms with Crippen LogP contribution in [0.4, 0.5) is 4.79 Å². The third-order valence-corrected chi connectivity index (χ3v) is 3.28. The second-order valence-electron chi connectivity index (χ2n) is 4.87. The van der Waals surface area contributed by atoms with E-state index in [2.05, 4.69) is 17.6 Å². The molecule has 0 spiro atoms. The topological polar surface area (TPSA) is 78.4 Å². The van der Waals surface area contributed by atoms with E-state index in [0.29, 0.717) is 6.54 Å². The summed E-state index contributed by atoms with van der Waals surface area (Å²) in [4.78, 5) is 22.7. The summed E-state index contributed by atoms with van der Waals surface area (Å²) in [6.45, 7) is 4.27. The minimum atomic E-state index is -1.12. The molecule has 0 bridgehead atoms. The number of carboxylic acids is 1. The number of carbonyl (C=O) groups excluding carboxylic acids is 1. The quantitative estimate of drug-likeness (QED) is 0.595. The number of amides is 2. The molecule has 98 valence electrons. The molecular formula is C12H22N2O3. The molecule has 1 aliphatic rings. The summed E-state index contributed by atoms with van der Waals surface area (Å²) in [6, 6.07) is -0.377. The molecule has 0 heterocycles. The van der Waals surface area contributed by atoms with Gasteiger partial charge in [0.2, 0.25) is 0 Å². The van der Waals surface area contributed by atoms with Gasteiger partial charge in [-0.1, -0.05) is 19.8 Å². The van der Waals surface area contributed by atoms with Crippen LogP contribution in [0.5, 0.6) is 0 Å². The Morgan fingerprint density at radius 1 is 1.35 bits per heavy atom. The van der Waals surface area contributed by atoms with Gasteiger partial charge < -0.3 is 15.7 Å². The van der Waals surface area contributed by atoms with Gasteiger partial charge in [0.05, 0.1) is 0 Å². The molecule has 1 unspecified atom stereocenters. The lowest BCUT2D eigenvalue weighted by Gasteiger charge is -2.26. The molecule has 0 saturated heterocycles. The normalized spacial score (nSPS) is 18.2. The van der Waals surface area contributed by atoms with Gasteiger partial charge in [0.1, 0.15) is 5.54 Å². The number of unbranched alkanes of at least 4 members (excludes halogenated alkanes) is 2. The van der Waals surface area contributed by atoms with Gasteiger partial charge in [-0.05, 0) is 32.1 Å². The molecule has 0 aromatic rings. The van der Waals surface area contributed by atoms with Gasteiger partial charge in [0.25, 0.3) is 0 Å². The summed E-state index contributed by atoms with van der Waals surface area (Å²) in [6.07, 6.45) is 4.84. The highest BCUT2D eigenvalue weighted by atomic mass is 16.4. The molecule has 5 nitrogen and oxygen atoms in total. The zero-order chi connectivity index (χ0) is 12.9. The maximum atomic E-state index is 11.6. The van der Waals surface area contributed by atoms with Crippen LogP contribution < -0.4 is 10.6 Å². The molecular weight excluding hydrogens is 220 g/mol. The molecule has 0 radical (unpaired) electrons. The second-order valence-corrected chi connectivity index (χ2v) is 4.87. The van der Waals surface area contributed by atoms with Crippen LogP contribution in [0, 0.1) is 5.92 Å². The zero-order valence-electron chi connectivity index (χ0n) is 10.6. The molecule has 2 amide bonds. The largest absolute Gasteiger partial charge is 0.480 e. The Morgan fingerprint density at radius 2 is 2.00 bits per heavy atom. The van der Waals surface area contributed by atoms with Gasteiger partial charge >= 0.3 is 12.0 Å². The molecule has 5 heteroatoms. The number of carbonyl (C=O) groups is 2. The van der Waals surface area contributed by atoms with Crippen molar-refractivity contribution in [3.05, 3.63) is 0 Å². The van der Waals surface area contributed by atoms with E-state index in [9.17, 15) is 9.59 Å². The average molecular weight is 242 g/mol. The van der Waals surface area contributed by atoms with Crippen molar-refractivity contribution in [2.24, 2.45) is 5.92 Å². The summed E-state index contributed by atoms with van der Waals surface area (Å²) < 4.78 is 0. The minimum Gasteiger partial charge on any atom is -0.480 e. The highest BCUT2D eigenvalue weighted by Gasteiger charge is 2.48. The van der Waals surface area contributed by atoms with Gasteiger partial charge in [0, 0.05) is 6.54 Å². The first-order valence-electron chi connectivity index (χ1n) is 6.30. The number of rotatable bonds is 7. The first kappa shape index (κ1) is 13.8. The highest BCUT2D eigenvalue weighted by Crippen LogP contribution is 2.39. The van der Waals surface area contributed by atoms with Crippen molar-refractivity contribution in [1.29, 1.82) is 0 Å². The van der Waals surface area contributed by atoms with Crippen molar-refractivity contribution < 1.29 is 14.7 Å². The van der Waals surface area contributed by atoms with Crippen LogP contribution in [0.3, 0.4) is 0 Å².